The van der Waals surface area contributed by atoms with E-state index in [1.807, 2.05) is 18.4 Å². The molecule has 0 atom stereocenters. The molecule has 1 aliphatic carbocycles. The normalized spacial score (nSPS) is 13.7. The minimum Gasteiger partial charge on any atom is -0.353 e. The van der Waals surface area contributed by atoms with Gasteiger partial charge in [0.05, 0.1) is 0 Å². The fraction of sp³-hybridized carbons (Fsp3) is 0.478. The molecule has 31 heavy (non-hydrogen) atoms. The van der Waals surface area contributed by atoms with E-state index < -0.39 is 0 Å². The van der Waals surface area contributed by atoms with Crippen LogP contribution in [0.15, 0.2) is 35.5 Å². The molecule has 166 valence electrons. The molecule has 1 aromatic heterocycles. The summed E-state index contributed by atoms with van der Waals surface area (Å²) >= 11 is 1.60. The summed E-state index contributed by atoms with van der Waals surface area (Å²) in [5, 5.41) is 15.4. The van der Waals surface area contributed by atoms with Crippen LogP contribution in [0, 0.1) is 5.92 Å². The van der Waals surface area contributed by atoms with Gasteiger partial charge in [-0.15, -0.1) is 10.2 Å². The largest absolute Gasteiger partial charge is 0.353 e. The van der Waals surface area contributed by atoms with Crippen LogP contribution in [0.2, 0.25) is 0 Å². The number of nitrogens with zero attached hydrogens (tertiary/aromatic N) is 3. The zero-order valence-electron chi connectivity index (χ0n) is 18.4. The van der Waals surface area contributed by atoms with E-state index in [0.717, 1.165) is 48.8 Å². The molecular weight excluding hydrogens is 410 g/mol. The summed E-state index contributed by atoms with van der Waals surface area (Å²) in [5.41, 5.74) is 1.52. The first kappa shape index (κ1) is 23.1. The van der Waals surface area contributed by atoms with Crippen molar-refractivity contribution in [2.75, 3.05) is 12.8 Å². The van der Waals surface area contributed by atoms with Crippen molar-refractivity contribution in [1.29, 1.82) is 0 Å². The van der Waals surface area contributed by atoms with Crippen molar-refractivity contribution in [3.8, 4) is 0 Å². The average Bonchev–Trinajstić information content (AvgIpc) is 3.49. The van der Waals surface area contributed by atoms with Crippen LogP contribution >= 0.6 is 11.8 Å². The maximum Gasteiger partial charge on any atom is 0.251 e. The number of carbonyl (C=O) groups excluding carboxylic acids is 2. The molecule has 1 fully saturated rings. The summed E-state index contributed by atoms with van der Waals surface area (Å²) in [6.07, 6.45) is 8.99. The summed E-state index contributed by atoms with van der Waals surface area (Å²) in [4.78, 5) is 24.1. The lowest BCUT2D eigenvalue weighted by molar-refractivity contribution is -0.116. The van der Waals surface area contributed by atoms with Gasteiger partial charge in [0, 0.05) is 37.2 Å². The van der Waals surface area contributed by atoms with Crippen LogP contribution in [0.5, 0.6) is 0 Å². The van der Waals surface area contributed by atoms with Crippen LogP contribution in [0.1, 0.15) is 54.9 Å². The van der Waals surface area contributed by atoms with Gasteiger partial charge in [-0.05, 0) is 55.2 Å². The molecule has 1 saturated carbocycles. The highest BCUT2D eigenvalue weighted by molar-refractivity contribution is 7.98. The minimum atomic E-state index is -0.135. The van der Waals surface area contributed by atoms with Crippen molar-refractivity contribution in [3.05, 3.63) is 47.3 Å². The van der Waals surface area contributed by atoms with Gasteiger partial charge in [-0.25, -0.2) is 0 Å². The highest BCUT2D eigenvalue weighted by Gasteiger charge is 2.23. The monoisotopic (exact) mass is 441 g/mol. The van der Waals surface area contributed by atoms with E-state index in [4.69, 9.17) is 0 Å². The molecule has 2 N–H and O–H groups in total. The van der Waals surface area contributed by atoms with E-state index in [2.05, 4.69) is 39.2 Å². The second-order valence-electron chi connectivity index (χ2n) is 8.21. The van der Waals surface area contributed by atoms with Crippen molar-refractivity contribution in [3.63, 3.8) is 0 Å². The lowest BCUT2D eigenvalue weighted by Gasteiger charge is -2.11. The summed E-state index contributed by atoms with van der Waals surface area (Å²) in [6, 6.07) is 7.60. The summed E-state index contributed by atoms with van der Waals surface area (Å²) in [6.45, 7) is 5.83. The molecule has 0 unspecified atom stereocenters. The van der Waals surface area contributed by atoms with E-state index in [1.165, 1.54) is 6.08 Å². The third-order valence-corrected chi connectivity index (χ3v) is 5.58. The van der Waals surface area contributed by atoms with Gasteiger partial charge >= 0.3 is 0 Å². The van der Waals surface area contributed by atoms with Gasteiger partial charge in [0.1, 0.15) is 5.82 Å². The lowest BCUT2D eigenvalue weighted by atomic mass is 10.1. The molecule has 1 aromatic carbocycles. The van der Waals surface area contributed by atoms with Crippen molar-refractivity contribution in [2.24, 2.45) is 5.92 Å². The predicted octanol–water partition coefficient (Wildman–Crippen LogP) is 3.31. The van der Waals surface area contributed by atoms with Gasteiger partial charge < -0.3 is 15.2 Å². The minimum absolute atomic E-state index is 0.0374. The van der Waals surface area contributed by atoms with Gasteiger partial charge in [0.2, 0.25) is 5.91 Å². The number of thioether (sulfide) groups is 1. The second-order valence-corrected chi connectivity index (χ2v) is 8.98. The summed E-state index contributed by atoms with van der Waals surface area (Å²) in [7, 11) is 0. The van der Waals surface area contributed by atoms with Gasteiger partial charge in [0.15, 0.2) is 5.16 Å². The van der Waals surface area contributed by atoms with Gasteiger partial charge in [-0.2, -0.15) is 0 Å². The van der Waals surface area contributed by atoms with Crippen LogP contribution < -0.4 is 10.6 Å². The van der Waals surface area contributed by atoms with Gasteiger partial charge in [-0.3, -0.25) is 9.59 Å². The first-order valence-electron chi connectivity index (χ1n) is 10.8. The molecule has 0 bridgehead atoms. The first-order chi connectivity index (χ1) is 15.0. The number of benzene rings is 1. The maximum atomic E-state index is 12.1. The Morgan fingerprint density at radius 3 is 2.61 bits per heavy atom. The van der Waals surface area contributed by atoms with E-state index in [1.54, 1.807) is 30.0 Å². The number of hydrogen-bond acceptors (Lipinski definition) is 5. The Labute approximate surface area is 188 Å². The Morgan fingerprint density at radius 2 is 1.97 bits per heavy atom. The molecule has 0 saturated heterocycles. The molecule has 1 aliphatic rings. The Kier molecular flexibility index (Phi) is 8.28. The molecule has 3 rings (SSSR count). The van der Waals surface area contributed by atoms with Crippen LogP contribution in [0.4, 0.5) is 0 Å². The van der Waals surface area contributed by atoms with E-state index in [9.17, 15) is 9.59 Å². The Morgan fingerprint density at radius 1 is 1.23 bits per heavy atom. The van der Waals surface area contributed by atoms with Crippen molar-refractivity contribution in [2.45, 2.75) is 57.3 Å². The lowest BCUT2D eigenvalue weighted by Crippen LogP contribution is -2.25. The Bertz CT molecular complexity index is 917. The van der Waals surface area contributed by atoms with Crippen LogP contribution in [-0.4, -0.2) is 45.4 Å². The molecule has 2 amide bonds. The number of hydrogen-bond donors (Lipinski definition) is 2. The quantitative estimate of drug-likeness (QED) is 0.317. The SMILES string of the molecule is CSc1nnc(CCCNC(=O)C=Cc2ccc(C(=O)NC3CC3)cc2)n1CC(C)C. The van der Waals surface area contributed by atoms with Crippen molar-refractivity contribution < 1.29 is 9.59 Å². The summed E-state index contributed by atoms with van der Waals surface area (Å²) < 4.78 is 2.17. The standard InChI is InChI=1S/C23H31N5O2S/c1-16(2)15-28-20(26-27-23(28)31-3)5-4-14-24-21(29)13-8-17-6-9-18(10-7-17)22(30)25-19-11-12-19/h6-10,13,16,19H,4-5,11-12,14-15H2,1-3H3,(H,24,29)(H,25,30). The molecule has 0 aliphatic heterocycles. The smallest absolute Gasteiger partial charge is 0.251 e. The topological polar surface area (TPSA) is 88.9 Å². The van der Waals surface area contributed by atoms with Crippen molar-refractivity contribution >= 4 is 29.7 Å². The third kappa shape index (κ3) is 7.24. The highest BCUT2D eigenvalue weighted by Crippen LogP contribution is 2.19. The van der Waals surface area contributed by atoms with Gasteiger partial charge in [0.25, 0.3) is 5.91 Å². The van der Waals surface area contributed by atoms with E-state index in [0.29, 0.717) is 24.1 Å². The second kappa shape index (κ2) is 11.1. The third-order valence-electron chi connectivity index (χ3n) is 4.91. The van der Waals surface area contributed by atoms with E-state index in [-0.39, 0.29) is 11.8 Å². The highest BCUT2D eigenvalue weighted by atomic mass is 32.2. The van der Waals surface area contributed by atoms with E-state index >= 15 is 0 Å². The fourth-order valence-corrected chi connectivity index (χ4v) is 3.66. The van der Waals surface area contributed by atoms with Crippen LogP contribution in [-0.2, 0) is 17.8 Å². The molecule has 7 nitrogen and oxygen atoms in total. The number of rotatable bonds is 11. The average molecular weight is 442 g/mol. The van der Waals surface area contributed by atoms with Crippen LogP contribution in [0.3, 0.4) is 0 Å². The number of aromatic nitrogens is 3. The van der Waals surface area contributed by atoms with Gasteiger partial charge in [-0.1, -0.05) is 37.7 Å². The zero-order chi connectivity index (χ0) is 22.2. The van der Waals surface area contributed by atoms with Crippen molar-refractivity contribution in [1.82, 2.24) is 25.4 Å². The molecule has 0 radical (unpaired) electrons. The first-order valence-corrected chi connectivity index (χ1v) is 12.0. The summed E-state index contributed by atoms with van der Waals surface area (Å²) in [5.74, 6) is 1.31. The number of nitrogens with one attached hydrogen (secondary N) is 2. The number of aryl methyl sites for hydroxylation is 1. The Balaban J connectivity index is 1.41. The molecule has 2 aromatic rings. The maximum absolute atomic E-state index is 12.1. The molecular formula is C23H31N5O2S. The predicted molar refractivity (Wildman–Crippen MR) is 124 cm³/mol. The Hall–Kier alpha value is -2.61. The number of carbonyl (C=O) groups is 2. The molecule has 0 spiro atoms. The number of amides is 2. The zero-order valence-corrected chi connectivity index (χ0v) is 19.2. The van der Waals surface area contributed by atoms with Crippen LogP contribution in [0.25, 0.3) is 6.08 Å². The molecule has 8 heteroatoms. The molecule has 1 heterocycles. The fourth-order valence-electron chi connectivity index (χ4n) is 3.13.